The van der Waals surface area contributed by atoms with Crippen LogP contribution in [0.25, 0.3) is 0 Å². The van der Waals surface area contributed by atoms with Gasteiger partial charge >= 0.3 is 0 Å². The molecule has 0 fully saturated rings. The number of nitrogens with two attached hydrogens (primary N) is 1. The maximum Gasteiger partial charge on any atom is 0.243 e. The van der Waals surface area contributed by atoms with Gasteiger partial charge in [-0.2, -0.15) is 4.31 Å². The normalized spacial score (nSPS) is 15.2. The molecule has 0 spiro atoms. The molecule has 0 unspecified atom stereocenters. The van der Waals surface area contributed by atoms with Crippen molar-refractivity contribution in [1.82, 2.24) is 4.31 Å². The van der Waals surface area contributed by atoms with Gasteiger partial charge in [0.1, 0.15) is 0 Å². The van der Waals surface area contributed by atoms with Crippen LogP contribution >= 0.6 is 11.6 Å². The Kier molecular flexibility index (Phi) is 3.20. The van der Waals surface area contributed by atoms with Gasteiger partial charge < -0.3 is 5.73 Å². The van der Waals surface area contributed by atoms with Crippen LogP contribution in [0.3, 0.4) is 0 Å². The Morgan fingerprint density at radius 2 is 1.80 bits per heavy atom. The average Bonchev–Trinajstić information content (AvgIpc) is 2.82. The number of fused-ring (bicyclic) bond motifs is 1. The summed E-state index contributed by atoms with van der Waals surface area (Å²) < 4.78 is 26.6. The number of benzene rings is 2. The third-order valence-corrected chi connectivity index (χ3v) is 5.38. The van der Waals surface area contributed by atoms with Gasteiger partial charge in [0.05, 0.1) is 4.90 Å². The van der Waals surface area contributed by atoms with Crippen molar-refractivity contribution in [2.75, 3.05) is 5.73 Å². The zero-order valence-electron chi connectivity index (χ0n) is 10.6. The van der Waals surface area contributed by atoms with Gasteiger partial charge in [0, 0.05) is 23.8 Å². The molecule has 2 aromatic rings. The summed E-state index contributed by atoms with van der Waals surface area (Å²) >= 11 is 5.87. The maximum atomic E-state index is 12.6. The van der Waals surface area contributed by atoms with Crippen LogP contribution in [-0.4, -0.2) is 12.7 Å². The summed E-state index contributed by atoms with van der Waals surface area (Å²) in [4.78, 5) is 0.214. The highest BCUT2D eigenvalue weighted by Crippen LogP contribution is 2.30. The van der Waals surface area contributed by atoms with E-state index in [-0.39, 0.29) is 4.90 Å². The van der Waals surface area contributed by atoms with Crippen molar-refractivity contribution in [3.8, 4) is 0 Å². The minimum absolute atomic E-state index is 0.214. The molecule has 0 atom stereocenters. The van der Waals surface area contributed by atoms with Crippen molar-refractivity contribution in [1.29, 1.82) is 0 Å². The van der Waals surface area contributed by atoms with Crippen LogP contribution in [0, 0.1) is 0 Å². The zero-order valence-corrected chi connectivity index (χ0v) is 12.2. The number of sulfonamides is 1. The van der Waals surface area contributed by atoms with Crippen molar-refractivity contribution < 1.29 is 8.42 Å². The molecule has 0 bridgehead atoms. The first-order valence-electron chi connectivity index (χ1n) is 6.10. The van der Waals surface area contributed by atoms with Gasteiger partial charge in [0.25, 0.3) is 0 Å². The van der Waals surface area contributed by atoms with Gasteiger partial charge in [-0.05, 0) is 41.5 Å². The van der Waals surface area contributed by atoms with E-state index < -0.39 is 10.0 Å². The van der Waals surface area contributed by atoms with Crippen LogP contribution in [-0.2, 0) is 23.1 Å². The quantitative estimate of drug-likeness (QED) is 0.867. The molecule has 104 valence electrons. The lowest BCUT2D eigenvalue weighted by Crippen LogP contribution is -2.25. The number of hydrogen-bond donors (Lipinski definition) is 1. The topological polar surface area (TPSA) is 63.4 Å². The third kappa shape index (κ3) is 2.28. The van der Waals surface area contributed by atoms with Gasteiger partial charge in [0.15, 0.2) is 0 Å². The molecular weight excluding hydrogens is 296 g/mol. The predicted octanol–water partition coefficient (Wildman–Crippen LogP) is 2.63. The molecular formula is C14H13ClN2O2S. The van der Waals surface area contributed by atoms with Crippen molar-refractivity contribution in [3.05, 3.63) is 58.6 Å². The Bertz CT molecular complexity index is 774. The Morgan fingerprint density at radius 3 is 2.55 bits per heavy atom. The fourth-order valence-corrected chi connectivity index (χ4v) is 4.03. The van der Waals surface area contributed by atoms with E-state index in [9.17, 15) is 8.42 Å². The standard InChI is InChI=1S/C14H13ClN2O2S/c15-12-2-1-3-14(7-12)20(18,19)17-8-10-4-5-13(16)6-11(10)9-17/h1-7H,8-9,16H2. The summed E-state index contributed by atoms with van der Waals surface area (Å²) in [5.41, 5.74) is 8.32. The van der Waals surface area contributed by atoms with Crippen LogP contribution in [0.2, 0.25) is 5.02 Å². The molecule has 1 aliphatic heterocycles. The smallest absolute Gasteiger partial charge is 0.243 e. The number of nitrogens with zero attached hydrogens (tertiary/aromatic N) is 1. The Morgan fingerprint density at radius 1 is 1.05 bits per heavy atom. The first kappa shape index (κ1) is 13.4. The second-order valence-corrected chi connectivity index (χ2v) is 7.13. The first-order valence-corrected chi connectivity index (χ1v) is 7.91. The summed E-state index contributed by atoms with van der Waals surface area (Å²) in [5.74, 6) is 0. The second-order valence-electron chi connectivity index (χ2n) is 4.76. The Labute approximate surface area is 122 Å². The largest absolute Gasteiger partial charge is 0.399 e. The second kappa shape index (κ2) is 4.77. The third-order valence-electron chi connectivity index (χ3n) is 3.36. The Hall–Kier alpha value is -1.56. The lowest BCUT2D eigenvalue weighted by molar-refractivity contribution is 0.431. The highest BCUT2D eigenvalue weighted by Gasteiger charge is 2.30. The highest BCUT2D eigenvalue weighted by atomic mass is 35.5. The van der Waals surface area contributed by atoms with Crippen LogP contribution in [0.1, 0.15) is 11.1 Å². The van der Waals surface area contributed by atoms with Crippen molar-refractivity contribution in [2.24, 2.45) is 0 Å². The Balaban J connectivity index is 1.95. The average molecular weight is 309 g/mol. The van der Waals surface area contributed by atoms with E-state index in [0.717, 1.165) is 11.1 Å². The summed E-state index contributed by atoms with van der Waals surface area (Å²) in [6.45, 7) is 0.708. The molecule has 2 N–H and O–H groups in total. The maximum absolute atomic E-state index is 12.6. The molecule has 6 heteroatoms. The molecule has 1 aliphatic rings. The van der Waals surface area contributed by atoms with Gasteiger partial charge in [0.2, 0.25) is 10.0 Å². The minimum Gasteiger partial charge on any atom is -0.399 e. The molecule has 2 aromatic carbocycles. The zero-order chi connectivity index (χ0) is 14.3. The van der Waals surface area contributed by atoms with E-state index >= 15 is 0 Å². The molecule has 1 heterocycles. The number of anilines is 1. The molecule has 20 heavy (non-hydrogen) atoms. The monoisotopic (exact) mass is 308 g/mol. The van der Waals surface area contributed by atoms with E-state index in [1.54, 1.807) is 24.3 Å². The fraction of sp³-hybridized carbons (Fsp3) is 0.143. The molecule has 3 rings (SSSR count). The van der Waals surface area contributed by atoms with E-state index in [2.05, 4.69) is 0 Å². The lowest BCUT2D eigenvalue weighted by atomic mass is 10.1. The van der Waals surface area contributed by atoms with E-state index in [1.807, 2.05) is 12.1 Å². The molecule has 0 radical (unpaired) electrons. The number of halogens is 1. The van der Waals surface area contributed by atoms with E-state index in [4.69, 9.17) is 17.3 Å². The summed E-state index contributed by atoms with van der Waals surface area (Å²) in [6.07, 6.45) is 0. The SMILES string of the molecule is Nc1ccc2c(c1)CN(S(=O)(=O)c1cccc(Cl)c1)C2. The molecule has 0 aromatic heterocycles. The summed E-state index contributed by atoms with van der Waals surface area (Å²) in [6, 6.07) is 11.8. The van der Waals surface area contributed by atoms with Crippen molar-refractivity contribution >= 4 is 27.3 Å². The molecule has 0 saturated carbocycles. The molecule has 0 aliphatic carbocycles. The first-order chi connectivity index (χ1) is 9.46. The van der Waals surface area contributed by atoms with Gasteiger partial charge in [-0.25, -0.2) is 8.42 Å². The minimum atomic E-state index is -3.53. The van der Waals surface area contributed by atoms with Gasteiger partial charge in [-0.1, -0.05) is 23.7 Å². The van der Waals surface area contributed by atoms with Crippen molar-refractivity contribution in [3.63, 3.8) is 0 Å². The predicted molar refractivity (Wildman–Crippen MR) is 78.7 cm³/mol. The lowest BCUT2D eigenvalue weighted by Gasteiger charge is -2.15. The number of nitrogen functional groups attached to an aromatic ring is 1. The summed E-state index contributed by atoms with van der Waals surface area (Å²) in [7, 11) is -3.53. The van der Waals surface area contributed by atoms with Crippen molar-refractivity contribution in [2.45, 2.75) is 18.0 Å². The van der Waals surface area contributed by atoms with E-state index in [1.165, 1.54) is 10.4 Å². The highest BCUT2D eigenvalue weighted by molar-refractivity contribution is 7.89. The summed E-state index contributed by atoms with van der Waals surface area (Å²) in [5, 5.41) is 0.409. The van der Waals surface area contributed by atoms with Gasteiger partial charge in [-0.3, -0.25) is 0 Å². The van der Waals surface area contributed by atoms with Crippen LogP contribution < -0.4 is 5.73 Å². The number of rotatable bonds is 2. The molecule has 0 amide bonds. The molecule has 4 nitrogen and oxygen atoms in total. The van der Waals surface area contributed by atoms with Gasteiger partial charge in [-0.15, -0.1) is 0 Å². The fourth-order valence-electron chi connectivity index (χ4n) is 2.33. The number of hydrogen-bond acceptors (Lipinski definition) is 3. The van der Waals surface area contributed by atoms with Crippen LogP contribution in [0.4, 0.5) is 5.69 Å². The van der Waals surface area contributed by atoms with Crippen LogP contribution in [0.15, 0.2) is 47.4 Å². The van der Waals surface area contributed by atoms with E-state index in [0.29, 0.717) is 23.8 Å². The molecule has 0 saturated heterocycles. The van der Waals surface area contributed by atoms with Crippen LogP contribution in [0.5, 0.6) is 0 Å².